The first-order valence-corrected chi connectivity index (χ1v) is 6.40. The minimum atomic E-state index is -4.22. The minimum Gasteiger partial charge on any atom is -0.246 e. The van der Waals surface area contributed by atoms with Crippen LogP contribution in [-0.2, 0) is 0 Å². The molecule has 0 unspecified atom stereocenters. The molecule has 2 aromatic rings. The first-order valence-electron chi connectivity index (χ1n) is 6.02. The Morgan fingerprint density at radius 1 is 1.05 bits per heavy atom. The standard InChI is InChI=1S/C12H10ClF3N4/c1-4-5(2)18-10-9(17-4)8(19-11(13)20-10)6-3-7(6)12(14,15)16/h6-7H,3H2,1-2H3/t6-,7-/m0/s1. The van der Waals surface area contributed by atoms with Gasteiger partial charge in [0.25, 0.3) is 0 Å². The molecule has 0 aromatic carbocycles. The second-order valence-corrected chi connectivity index (χ2v) is 5.27. The molecule has 1 aliphatic rings. The minimum absolute atomic E-state index is 0.0144. The largest absolute Gasteiger partial charge is 0.392 e. The molecule has 2 heterocycles. The molecule has 2 aromatic heterocycles. The van der Waals surface area contributed by atoms with Crippen LogP contribution in [0, 0.1) is 19.8 Å². The molecule has 0 bridgehead atoms. The van der Waals surface area contributed by atoms with Gasteiger partial charge in [0.2, 0.25) is 5.28 Å². The van der Waals surface area contributed by atoms with Gasteiger partial charge in [-0.05, 0) is 31.9 Å². The first kappa shape index (κ1) is 13.5. The molecular formula is C12H10ClF3N4. The Morgan fingerprint density at radius 2 is 1.70 bits per heavy atom. The lowest BCUT2D eigenvalue weighted by Gasteiger charge is -2.08. The van der Waals surface area contributed by atoms with E-state index in [1.54, 1.807) is 13.8 Å². The van der Waals surface area contributed by atoms with Crippen molar-refractivity contribution in [3.05, 3.63) is 22.4 Å². The van der Waals surface area contributed by atoms with Crippen molar-refractivity contribution in [1.82, 2.24) is 19.9 Å². The maximum atomic E-state index is 12.7. The van der Waals surface area contributed by atoms with Gasteiger partial charge in [0.15, 0.2) is 5.65 Å². The molecule has 1 aliphatic carbocycles. The molecular weight excluding hydrogens is 293 g/mol. The maximum absolute atomic E-state index is 12.7. The average Bonchev–Trinajstić information content (AvgIpc) is 3.10. The molecule has 106 valence electrons. The summed E-state index contributed by atoms with van der Waals surface area (Å²) in [5, 5.41) is -0.0992. The summed E-state index contributed by atoms with van der Waals surface area (Å²) in [6, 6.07) is 0. The van der Waals surface area contributed by atoms with E-state index in [1.165, 1.54) is 0 Å². The molecule has 1 saturated carbocycles. The quantitative estimate of drug-likeness (QED) is 0.758. The van der Waals surface area contributed by atoms with E-state index in [2.05, 4.69) is 19.9 Å². The number of halogens is 4. The predicted molar refractivity (Wildman–Crippen MR) is 66.5 cm³/mol. The van der Waals surface area contributed by atoms with E-state index < -0.39 is 18.0 Å². The van der Waals surface area contributed by atoms with Crippen molar-refractivity contribution < 1.29 is 13.2 Å². The van der Waals surface area contributed by atoms with Crippen LogP contribution in [0.2, 0.25) is 5.28 Å². The van der Waals surface area contributed by atoms with E-state index in [9.17, 15) is 13.2 Å². The van der Waals surface area contributed by atoms with E-state index >= 15 is 0 Å². The van der Waals surface area contributed by atoms with E-state index in [4.69, 9.17) is 11.6 Å². The highest BCUT2D eigenvalue weighted by Gasteiger charge is 2.57. The highest BCUT2D eigenvalue weighted by atomic mass is 35.5. The molecule has 2 atom stereocenters. The van der Waals surface area contributed by atoms with Crippen LogP contribution in [0.5, 0.6) is 0 Å². The van der Waals surface area contributed by atoms with Gasteiger partial charge in [-0.15, -0.1) is 0 Å². The Kier molecular flexibility index (Phi) is 2.86. The second kappa shape index (κ2) is 4.25. The normalized spacial score (nSPS) is 22.3. The zero-order chi connectivity index (χ0) is 14.7. The fourth-order valence-electron chi connectivity index (χ4n) is 2.22. The molecule has 0 saturated heterocycles. The van der Waals surface area contributed by atoms with Crippen LogP contribution in [0.3, 0.4) is 0 Å². The topological polar surface area (TPSA) is 51.6 Å². The summed E-state index contributed by atoms with van der Waals surface area (Å²) < 4.78 is 38.1. The van der Waals surface area contributed by atoms with Crippen LogP contribution in [0.1, 0.15) is 29.4 Å². The highest BCUT2D eigenvalue weighted by Crippen LogP contribution is 2.56. The lowest BCUT2D eigenvalue weighted by Crippen LogP contribution is -2.12. The molecule has 0 radical (unpaired) electrons. The lowest BCUT2D eigenvalue weighted by molar-refractivity contribution is -0.148. The number of rotatable bonds is 1. The number of fused-ring (bicyclic) bond motifs is 1. The Hall–Kier alpha value is -1.50. The fourth-order valence-corrected chi connectivity index (χ4v) is 2.39. The van der Waals surface area contributed by atoms with Crippen molar-refractivity contribution in [2.75, 3.05) is 0 Å². The number of aryl methyl sites for hydroxylation is 2. The van der Waals surface area contributed by atoms with Gasteiger partial charge in [-0.3, -0.25) is 0 Å². The first-order chi connectivity index (χ1) is 9.27. The Morgan fingerprint density at radius 3 is 2.30 bits per heavy atom. The molecule has 0 N–H and O–H groups in total. The van der Waals surface area contributed by atoms with Gasteiger partial charge in [-0.1, -0.05) is 0 Å². The third kappa shape index (κ3) is 2.19. The second-order valence-electron chi connectivity index (χ2n) is 4.93. The summed E-state index contributed by atoms with van der Waals surface area (Å²) in [6.45, 7) is 3.50. The van der Waals surface area contributed by atoms with E-state index in [0.29, 0.717) is 16.9 Å². The van der Waals surface area contributed by atoms with Gasteiger partial charge in [-0.25, -0.2) is 15.0 Å². The molecule has 1 fully saturated rings. The summed E-state index contributed by atoms with van der Waals surface area (Å²) >= 11 is 5.78. The molecule has 8 heteroatoms. The van der Waals surface area contributed by atoms with Crippen LogP contribution < -0.4 is 0 Å². The SMILES string of the molecule is Cc1nc2nc(Cl)nc([C@H]3C[C@@H]3C(F)(F)F)c2nc1C. The van der Waals surface area contributed by atoms with Crippen molar-refractivity contribution in [2.24, 2.45) is 5.92 Å². The predicted octanol–water partition coefficient (Wildman–Crippen LogP) is 3.36. The van der Waals surface area contributed by atoms with Gasteiger partial charge in [0.1, 0.15) is 5.52 Å². The highest BCUT2D eigenvalue weighted by molar-refractivity contribution is 6.28. The van der Waals surface area contributed by atoms with Crippen molar-refractivity contribution >= 4 is 22.8 Å². The van der Waals surface area contributed by atoms with Crippen molar-refractivity contribution in [1.29, 1.82) is 0 Å². The van der Waals surface area contributed by atoms with Crippen molar-refractivity contribution in [3.63, 3.8) is 0 Å². The van der Waals surface area contributed by atoms with E-state index in [-0.39, 0.29) is 23.0 Å². The van der Waals surface area contributed by atoms with Crippen LogP contribution in [0.4, 0.5) is 13.2 Å². The molecule has 20 heavy (non-hydrogen) atoms. The number of nitrogens with zero attached hydrogens (tertiary/aromatic N) is 4. The lowest BCUT2D eigenvalue weighted by atomic mass is 10.2. The summed E-state index contributed by atoms with van der Waals surface area (Å²) in [7, 11) is 0. The van der Waals surface area contributed by atoms with E-state index in [0.717, 1.165) is 0 Å². The number of aromatic nitrogens is 4. The number of alkyl halides is 3. The summed E-state index contributed by atoms with van der Waals surface area (Å²) in [5.74, 6) is -2.07. The number of hydrogen-bond donors (Lipinski definition) is 0. The molecule has 0 aliphatic heterocycles. The van der Waals surface area contributed by atoms with E-state index in [1.807, 2.05) is 0 Å². The van der Waals surface area contributed by atoms with Gasteiger partial charge in [0, 0.05) is 5.92 Å². The Labute approximate surface area is 117 Å². The van der Waals surface area contributed by atoms with Crippen LogP contribution >= 0.6 is 11.6 Å². The summed E-state index contributed by atoms with van der Waals surface area (Å²) in [6.07, 6.45) is -4.21. The average molecular weight is 303 g/mol. The summed E-state index contributed by atoms with van der Waals surface area (Å²) in [4.78, 5) is 16.4. The maximum Gasteiger partial charge on any atom is 0.392 e. The van der Waals surface area contributed by atoms with Gasteiger partial charge in [0.05, 0.1) is 23.0 Å². The zero-order valence-electron chi connectivity index (χ0n) is 10.7. The van der Waals surface area contributed by atoms with Gasteiger partial charge < -0.3 is 0 Å². The van der Waals surface area contributed by atoms with Crippen LogP contribution in [0.25, 0.3) is 11.2 Å². The Bertz CT molecular complexity index is 701. The van der Waals surface area contributed by atoms with Gasteiger partial charge in [-0.2, -0.15) is 18.2 Å². The molecule has 3 rings (SSSR count). The summed E-state index contributed by atoms with van der Waals surface area (Å²) in [5.41, 5.74) is 2.12. The van der Waals surface area contributed by atoms with Crippen LogP contribution in [0.15, 0.2) is 0 Å². The Balaban J connectivity index is 2.14. The monoisotopic (exact) mass is 302 g/mol. The fraction of sp³-hybridized carbons (Fsp3) is 0.500. The third-order valence-corrected chi connectivity index (χ3v) is 3.67. The van der Waals surface area contributed by atoms with Gasteiger partial charge >= 0.3 is 6.18 Å². The smallest absolute Gasteiger partial charge is 0.246 e. The number of hydrogen-bond acceptors (Lipinski definition) is 4. The molecule has 0 spiro atoms. The third-order valence-electron chi connectivity index (χ3n) is 3.50. The van der Waals surface area contributed by atoms with Crippen molar-refractivity contribution in [3.8, 4) is 0 Å². The molecule has 0 amide bonds. The molecule has 4 nitrogen and oxygen atoms in total. The van der Waals surface area contributed by atoms with Crippen molar-refractivity contribution in [2.45, 2.75) is 32.4 Å². The van der Waals surface area contributed by atoms with Crippen LogP contribution in [-0.4, -0.2) is 26.1 Å². The zero-order valence-corrected chi connectivity index (χ0v) is 11.4.